The van der Waals surface area contributed by atoms with Gasteiger partial charge in [-0.05, 0) is 32.0 Å². The second-order valence-corrected chi connectivity index (χ2v) is 4.88. The molecule has 0 atom stereocenters. The number of hydrogen-bond acceptors (Lipinski definition) is 2. The number of rotatable bonds is 4. The van der Waals surface area contributed by atoms with Gasteiger partial charge >= 0.3 is 0 Å². The van der Waals surface area contributed by atoms with Gasteiger partial charge in [0.1, 0.15) is 0 Å². The monoisotopic (exact) mass is 303 g/mol. The zero-order valence-electron chi connectivity index (χ0n) is 10.0. The Hall–Kier alpha value is -1.10. The number of alkyl halides is 1. The first-order valence-electron chi connectivity index (χ1n) is 5.11. The Morgan fingerprint density at radius 2 is 2.18 bits per heavy atom. The van der Waals surface area contributed by atoms with Crippen LogP contribution in [0.25, 0.3) is 0 Å². The standard InChI is InChI=1S/C12H15BrFNO2/c1-12(2,7-13)15-11(16)8-4-5-9(14)10(6-8)17-3/h4-6H,7H2,1-3H3,(H,15,16). The molecule has 1 amide bonds. The van der Waals surface area contributed by atoms with Crippen LogP contribution >= 0.6 is 15.9 Å². The van der Waals surface area contributed by atoms with Crippen molar-refractivity contribution >= 4 is 21.8 Å². The molecule has 17 heavy (non-hydrogen) atoms. The number of nitrogens with one attached hydrogen (secondary N) is 1. The minimum atomic E-state index is -0.483. The molecule has 1 aromatic carbocycles. The number of carbonyl (C=O) groups excluding carboxylic acids is 1. The van der Waals surface area contributed by atoms with Gasteiger partial charge in [-0.25, -0.2) is 4.39 Å². The Morgan fingerprint density at radius 3 is 2.71 bits per heavy atom. The Labute approximate surface area is 108 Å². The summed E-state index contributed by atoms with van der Waals surface area (Å²) in [6.45, 7) is 3.78. The fourth-order valence-electron chi connectivity index (χ4n) is 1.21. The van der Waals surface area contributed by atoms with E-state index in [0.717, 1.165) is 0 Å². The Balaban J connectivity index is 2.90. The fourth-order valence-corrected chi connectivity index (χ4v) is 1.35. The SMILES string of the molecule is COc1cc(C(=O)NC(C)(C)CBr)ccc1F. The molecule has 0 aliphatic rings. The molecule has 0 radical (unpaired) electrons. The molecule has 0 aliphatic carbocycles. The number of methoxy groups -OCH3 is 1. The van der Waals surface area contributed by atoms with Crippen LogP contribution in [-0.2, 0) is 0 Å². The van der Waals surface area contributed by atoms with Crippen LogP contribution in [0.1, 0.15) is 24.2 Å². The Kier molecular flexibility index (Phi) is 4.51. The third kappa shape index (κ3) is 3.70. The van der Waals surface area contributed by atoms with Crippen LogP contribution < -0.4 is 10.1 Å². The van der Waals surface area contributed by atoms with Gasteiger partial charge in [-0.1, -0.05) is 15.9 Å². The van der Waals surface area contributed by atoms with Gasteiger partial charge in [0, 0.05) is 16.4 Å². The Morgan fingerprint density at radius 1 is 1.53 bits per heavy atom. The van der Waals surface area contributed by atoms with Crippen molar-refractivity contribution in [2.24, 2.45) is 0 Å². The van der Waals surface area contributed by atoms with Crippen molar-refractivity contribution in [1.82, 2.24) is 5.32 Å². The van der Waals surface area contributed by atoms with E-state index in [-0.39, 0.29) is 17.2 Å². The van der Waals surface area contributed by atoms with E-state index < -0.39 is 5.82 Å². The summed E-state index contributed by atoms with van der Waals surface area (Å²) in [6.07, 6.45) is 0. The van der Waals surface area contributed by atoms with Gasteiger partial charge in [-0.15, -0.1) is 0 Å². The predicted molar refractivity (Wildman–Crippen MR) is 68.3 cm³/mol. The lowest BCUT2D eigenvalue weighted by Crippen LogP contribution is -2.44. The summed E-state index contributed by atoms with van der Waals surface area (Å²) >= 11 is 3.31. The second-order valence-electron chi connectivity index (χ2n) is 4.32. The van der Waals surface area contributed by atoms with Crippen LogP contribution in [0, 0.1) is 5.82 Å². The van der Waals surface area contributed by atoms with Crippen LogP contribution in [0.5, 0.6) is 5.75 Å². The maximum atomic E-state index is 13.2. The number of halogens is 2. The van der Waals surface area contributed by atoms with E-state index in [1.54, 1.807) is 0 Å². The van der Waals surface area contributed by atoms with Crippen LogP contribution in [0.2, 0.25) is 0 Å². The molecule has 3 nitrogen and oxygen atoms in total. The zero-order valence-corrected chi connectivity index (χ0v) is 11.6. The first-order chi connectivity index (χ1) is 7.89. The molecule has 0 fully saturated rings. The summed E-state index contributed by atoms with van der Waals surface area (Å²) < 4.78 is 18.0. The molecular formula is C12H15BrFNO2. The lowest BCUT2D eigenvalue weighted by molar-refractivity contribution is 0.0921. The zero-order chi connectivity index (χ0) is 13.1. The van der Waals surface area contributed by atoms with Crippen molar-refractivity contribution in [3.63, 3.8) is 0 Å². The number of ether oxygens (including phenoxy) is 1. The van der Waals surface area contributed by atoms with Crippen molar-refractivity contribution in [2.45, 2.75) is 19.4 Å². The number of benzene rings is 1. The van der Waals surface area contributed by atoms with Gasteiger partial charge in [-0.2, -0.15) is 0 Å². The van der Waals surface area contributed by atoms with Crippen LogP contribution in [0.4, 0.5) is 4.39 Å². The van der Waals surface area contributed by atoms with Gasteiger partial charge in [0.25, 0.3) is 5.91 Å². The van der Waals surface area contributed by atoms with Gasteiger partial charge in [-0.3, -0.25) is 4.79 Å². The molecule has 0 aromatic heterocycles. The second kappa shape index (κ2) is 5.49. The van der Waals surface area contributed by atoms with Crippen LogP contribution in [-0.4, -0.2) is 23.9 Å². The largest absolute Gasteiger partial charge is 0.494 e. The average molecular weight is 304 g/mol. The van der Waals surface area contributed by atoms with E-state index in [0.29, 0.717) is 10.9 Å². The number of carbonyl (C=O) groups is 1. The summed E-state index contributed by atoms with van der Waals surface area (Å²) in [5, 5.41) is 3.46. The summed E-state index contributed by atoms with van der Waals surface area (Å²) in [4.78, 5) is 11.9. The lowest BCUT2D eigenvalue weighted by atomic mass is 10.1. The highest BCUT2D eigenvalue weighted by Gasteiger charge is 2.20. The molecule has 0 saturated carbocycles. The van der Waals surface area contributed by atoms with Crippen molar-refractivity contribution in [1.29, 1.82) is 0 Å². The third-order valence-electron chi connectivity index (χ3n) is 2.20. The minimum absolute atomic E-state index is 0.0642. The summed E-state index contributed by atoms with van der Waals surface area (Å²) in [5.74, 6) is -0.675. The van der Waals surface area contributed by atoms with Gasteiger partial charge in [0.05, 0.1) is 7.11 Å². The smallest absolute Gasteiger partial charge is 0.251 e. The molecule has 0 bridgehead atoms. The van der Waals surface area contributed by atoms with Crippen LogP contribution in [0.15, 0.2) is 18.2 Å². The van der Waals surface area contributed by atoms with Gasteiger partial charge < -0.3 is 10.1 Å². The topological polar surface area (TPSA) is 38.3 Å². The molecule has 1 N–H and O–H groups in total. The molecule has 94 valence electrons. The quantitative estimate of drug-likeness (QED) is 0.869. The Bertz CT molecular complexity index is 421. The number of hydrogen-bond donors (Lipinski definition) is 1. The van der Waals surface area contributed by atoms with E-state index in [4.69, 9.17) is 4.74 Å². The van der Waals surface area contributed by atoms with Crippen molar-refractivity contribution in [3.8, 4) is 5.75 Å². The summed E-state index contributed by atoms with van der Waals surface area (Å²) in [7, 11) is 1.36. The van der Waals surface area contributed by atoms with Gasteiger partial charge in [0.2, 0.25) is 0 Å². The summed E-state index contributed by atoms with van der Waals surface area (Å²) in [5.41, 5.74) is 0.0101. The number of amides is 1. The summed E-state index contributed by atoms with van der Waals surface area (Å²) in [6, 6.07) is 4.03. The first-order valence-corrected chi connectivity index (χ1v) is 6.24. The predicted octanol–water partition coefficient (Wildman–Crippen LogP) is 2.74. The highest BCUT2D eigenvalue weighted by molar-refractivity contribution is 9.09. The molecule has 5 heteroatoms. The molecule has 0 spiro atoms. The van der Waals surface area contributed by atoms with Crippen molar-refractivity contribution < 1.29 is 13.9 Å². The van der Waals surface area contributed by atoms with Crippen molar-refractivity contribution in [2.75, 3.05) is 12.4 Å². The molecule has 0 saturated heterocycles. The molecule has 0 heterocycles. The fraction of sp³-hybridized carbons (Fsp3) is 0.417. The normalized spacial score (nSPS) is 11.1. The molecule has 1 aromatic rings. The molecule has 0 aliphatic heterocycles. The third-order valence-corrected chi connectivity index (χ3v) is 3.60. The van der Waals surface area contributed by atoms with E-state index in [1.165, 1.54) is 25.3 Å². The maximum Gasteiger partial charge on any atom is 0.251 e. The maximum absolute atomic E-state index is 13.2. The lowest BCUT2D eigenvalue weighted by Gasteiger charge is -2.23. The molecule has 0 unspecified atom stereocenters. The highest BCUT2D eigenvalue weighted by Crippen LogP contribution is 2.18. The molecular weight excluding hydrogens is 289 g/mol. The minimum Gasteiger partial charge on any atom is -0.494 e. The van der Waals surface area contributed by atoms with E-state index in [2.05, 4.69) is 21.2 Å². The molecule has 1 rings (SSSR count). The highest BCUT2D eigenvalue weighted by atomic mass is 79.9. The average Bonchev–Trinajstić information content (AvgIpc) is 2.29. The van der Waals surface area contributed by atoms with E-state index in [1.807, 2.05) is 13.8 Å². The van der Waals surface area contributed by atoms with Gasteiger partial charge in [0.15, 0.2) is 11.6 Å². The van der Waals surface area contributed by atoms with Crippen molar-refractivity contribution in [3.05, 3.63) is 29.6 Å². The van der Waals surface area contributed by atoms with Crippen LogP contribution in [0.3, 0.4) is 0 Å². The van der Waals surface area contributed by atoms with E-state index in [9.17, 15) is 9.18 Å². The first kappa shape index (κ1) is 14.0. The van der Waals surface area contributed by atoms with E-state index >= 15 is 0 Å².